The van der Waals surface area contributed by atoms with E-state index in [0.717, 1.165) is 18.7 Å². The van der Waals surface area contributed by atoms with Gasteiger partial charge in [0.1, 0.15) is 0 Å². The summed E-state index contributed by atoms with van der Waals surface area (Å²) in [6.07, 6.45) is 4.20. The zero-order valence-electron chi connectivity index (χ0n) is 8.89. The van der Waals surface area contributed by atoms with Crippen molar-refractivity contribution in [3.05, 3.63) is 40.6 Å². The van der Waals surface area contributed by atoms with Crippen molar-refractivity contribution in [1.82, 2.24) is 15.3 Å². The van der Waals surface area contributed by atoms with Crippen molar-refractivity contribution in [2.24, 2.45) is 0 Å². The fourth-order valence-corrected chi connectivity index (χ4v) is 2.41. The monoisotopic (exact) mass is 237 g/mol. The molecule has 2 aromatic heterocycles. The molecule has 0 radical (unpaired) electrons. The van der Waals surface area contributed by atoms with Crippen LogP contribution in [-0.4, -0.2) is 21.7 Å². The van der Waals surface area contributed by atoms with Crippen molar-refractivity contribution in [2.75, 3.05) is 6.61 Å². The summed E-state index contributed by atoms with van der Waals surface area (Å²) in [6, 6.07) is 4.33. The number of aromatic nitrogens is 2. The molecule has 0 spiro atoms. The highest BCUT2D eigenvalue weighted by Crippen LogP contribution is 2.21. The molecule has 3 N–H and O–H groups in total. The first-order valence-electron chi connectivity index (χ1n) is 5.25. The lowest BCUT2D eigenvalue weighted by atomic mass is 10.2. The molecule has 0 fully saturated rings. The summed E-state index contributed by atoms with van der Waals surface area (Å²) in [5.41, 5.74) is 1.06. The van der Waals surface area contributed by atoms with Crippen LogP contribution in [0.4, 0.5) is 0 Å². The van der Waals surface area contributed by atoms with E-state index in [1.54, 1.807) is 23.9 Å². The van der Waals surface area contributed by atoms with Gasteiger partial charge in [-0.25, -0.2) is 4.98 Å². The fraction of sp³-hybridized carbons (Fsp3) is 0.364. The Labute approximate surface area is 98.4 Å². The third-order valence-corrected chi connectivity index (χ3v) is 3.38. The van der Waals surface area contributed by atoms with Crippen LogP contribution in [0, 0.1) is 0 Å². The average molecular weight is 237 g/mol. The topological polar surface area (TPSA) is 60.9 Å². The fourth-order valence-electron chi connectivity index (χ4n) is 1.58. The predicted octanol–water partition coefficient (Wildman–Crippen LogP) is 1.68. The number of hydrogen-bond donors (Lipinski definition) is 3. The number of rotatable bonds is 6. The van der Waals surface area contributed by atoms with Crippen molar-refractivity contribution in [2.45, 2.75) is 19.0 Å². The first-order chi connectivity index (χ1) is 7.90. The summed E-state index contributed by atoms with van der Waals surface area (Å²) in [4.78, 5) is 8.27. The van der Waals surface area contributed by atoms with Crippen LogP contribution in [0.2, 0.25) is 0 Å². The molecule has 2 rings (SSSR count). The summed E-state index contributed by atoms with van der Waals surface area (Å²) in [5.74, 6) is 0. The Hall–Kier alpha value is -1.17. The zero-order valence-corrected chi connectivity index (χ0v) is 9.70. The van der Waals surface area contributed by atoms with Crippen LogP contribution >= 0.6 is 11.3 Å². The van der Waals surface area contributed by atoms with E-state index < -0.39 is 0 Å². The van der Waals surface area contributed by atoms with E-state index in [4.69, 9.17) is 5.11 Å². The van der Waals surface area contributed by atoms with Gasteiger partial charge in [0.25, 0.3) is 0 Å². The number of aromatic amines is 1. The van der Waals surface area contributed by atoms with Gasteiger partial charge in [-0.2, -0.15) is 0 Å². The van der Waals surface area contributed by atoms with Crippen LogP contribution in [-0.2, 0) is 6.54 Å². The van der Waals surface area contributed by atoms with Crippen molar-refractivity contribution >= 4 is 11.3 Å². The highest BCUT2D eigenvalue weighted by atomic mass is 32.1. The van der Waals surface area contributed by atoms with Gasteiger partial charge in [-0.15, -0.1) is 11.3 Å². The molecule has 1 unspecified atom stereocenters. The predicted molar refractivity (Wildman–Crippen MR) is 64.2 cm³/mol. The van der Waals surface area contributed by atoms with E-state index in [-0.39, 0.29) is 12.6 Å². The van der Waals surface area contributed by atoms with Gasteiger partial charge in [-0.05, 0) is 17.9 Å². The van der Waals surface area contributed by atoms with Crippen LogP contribution in [0.1, 0.15) is 23.0 Å². The molecule has 5 heteroatoms. The van der Waals surface area contributed by atoms with Gasteiger partial charge in [0.2, 0.25) is 0 Å². The lowest BCUT2D eigenvalue weighted by molar-refractivity contribution is 0.266. The molecule has 0 aliphatic heterocycles. The van der Waals surface area contributed by atoms with Gasteiger partial charge < -0.3 is 15.4 Å². The number of hydrogen-bond acceptors (Lipinski definition) is 4. The smallest absolute Gasteiger partial charge is 0.0922 e. The second-order valence-corrected chi connectivity index (χ2v) is 4.52. The van der Waals surface area contributed by atoms with Gasteiger partial charge in [-0.3, -0.25) is 0 Å². The van der Waals surface area contributed by atoms with Crippen molar-refractivity contribution in [3.8, 4) is 0 Å². The second-order valence-electron chi connectivity index (χ2n) is 3.54. The summed E-state index contributed by atoms with van der Waals surface area (Å²) in [5, 5.41) is 14.5. The Morgan fingerprint density at radius 1 is 1.56 bits per heavy atom. The van der Waals surface area contributed by atoms with E-state index in [1.165, 1.54) is 4.88 Å². The zero-order chi connectivity index (χ0) is 11.2. The van der Waals surface area contributed by atoms with Gasteiger partial charge in [0.15, 0.2) is 0 Å². The summed E-state index contributed by atoms with van der Waals surface area (Å²) < 4.78 is 0. The Kier molecular flexibility index (Phi) is 4.10. The number of aliphatic hydroxyl groups excluding tert-OH is 1. The summed E-state index contributed by atoms with van der Waals surface area (Å²) >= 11 is 1.71. The molecule has 0 aliphatic carbocycles. The van der Waals surface area contributed by atoms with Gasteiger partial charge in [-0.1, -0.05) is 6.07 Å². The summed E-state index contributed by atoms with van der Waals surface area (Å²) in [6.45, 7) is 0.932. The lowest BCUT2D eigenvalue weighted by Gasteiger charge is -2.15. The SMILES string of the molecule is OCCC(NCc1cnc[nH]1)c1cccs1. The first-order valence-corrected chi connectivity index (χ1v) is 6.13. The molecule has 2 aromatic rings. The number of imidazole rings is 1. The van der Waals surface area contributed by atoms with Crippen LogP contribution in [0.25, 0.3) is 0 Å². The van der Waals surface area contributed by atoms with E-state index in [1.807, 2.05) is 6.07 Å². The molecular formula is C11H15N3OS. The molecule has 2 heterocycles. The average Bonchev–Trinajstić information content (AvgIpc) is 2.96. The van der Waals surface area contributed by atoms with Gasteiger partial charge in [0, 0.05) is 36.0 Å². The molecular weight excluding hydrogens is 222 g/mol. The molecule has 0 saturated carbocycles. The molecule has 4 nitrogen and oxygen atoms in total. The molecule has 0 bridgehead atoms. The lowest BCUT2D eigenvalue weighted by Crippen LogP contribution is -2.21. The molecule has 0 saturated heterocycles. The van der Waals surface area contributed by atoms with Gasteiger partial charge in [0.05, 0.1) is 6.33 Å². The van der Waals surface area contributed by atoms with E-state index in [2.05, 4.69) is 26.7 Å². The van der Waals surface area contributed by atoms with E-state index in [0.29, 0.717) is 0 Å². The van der Waals surface area contributed by atoms with E-state index >= 15 is 0 Å². The highest BCUT2D eigenvalue weighted by Gasteiger charge is 2.11. The Morgan fingerprint density at radius 3 is 3.12 bits per heavy atom. The Bertz CT molecular complexity index is 385. The molecule has 86 valence electrons. The summed E-state index contributed by atoms with van der Waals surface area (Å²) in [7, 11) is 0. The number of H-pyrrole nitrogens is 1. The van der Waals surface area contributed by atoms with Crippen LogP contribution < -0.4 is 5.32 Å². The van der Waals surface area contributed by atoms with E-state index in [9.17, 15) is 0 Å². The van der Waals surface area contributed by atoms with Crippen molar-refractivity contribution in [1.29, 1.82) is 0 Å². The number of aliphatic hydroxyl groups is 1. The maximum absolute atomic E-state index is 9.04. The normalized spacial score (nSPS) is 12.8. The largest absolute Gasteiger partial charge is 0.396 e. The van der Waals surface area contributed by atoms with Crippen LogP contribution in [0.5, 0.6) is 0 Å². The molecule has 0 aromatic carbocycles. The first kappa shape index (κ1) is 11.3. The maximum Gasteiger partial charge on any atom is 0.0922 e. The quantitative estimate of drug-likeness (QED) is 0.716. The minimum atomic E-state index is 0.193. The number of thiophene rings is 1. The number of nitrogens with one attached hydrogen (secondary N) is 2. The molecule has 0 aliphatic rings. The van der Waals surface area contributed by atoms with Gasteiger partial charge >= 0.3 is 0 Å². The molecule has 0 amide bonds. The number of nitrogens with zero attached hydrogens (tertiary/aromatic N) is 1. The maximum atomic E-state index is 9.04. The standard InChI is InChI=1S/C11H15N3OS/c15-4-3-10(11-2-1-5-16-11)13-7-9-6-12-8-14-9/h1-2,5-6,8,10,13,15H,3-4,7H2,(H,12,14). The third-order valence-electron chi connectivity index (χ3n) is 2.40. The van der Waals surface area contributed by atoms with Crippen LogP contribution in [0.15, 0.2) is 30.0 Å². The Balaban J connectivity index is 1.93. The van der Waals surface area contributed by atoms with Crippen molar-refractivity contribution < 1.29 is 5.11 Å². The minimum absolute atomic E-state index is 0.193. The van der Waals surface area contributed by atoms with Crippen LogP contribution in [0.3, 0.4) is 0 Å². The molecule has 16 heavy (non-hydrogen) atoms. The highest BCUT2D eigenvalue weighted by molar-refractivity contribution is 7.10. The second kappa shape index (κ2) is 5.79. The molecule has 1 atom stereocenters. The van der Waals surface area contributed by atoms with Crippen molar-refractivity contribution in [3.63, 3.8) is 0 Å². The minimum Gasteiger partial charge on any atom is -0.396 e. The third kappa shape index (κ3) is 2.91. The Morgan fingerprint density at radius 2 is 2.50 bits per heavy atom.